The first-order valence-corrected chi connectivity index (χ1v) is 15.7. The van der Waals surface area contributed by atoms with Gasteiger partial charge in [0.2, 0.25) is 11.8 Å². The molecule has 0 aromatic heterocycles. The Morgan fingerprint density at radius 2 is 1.55 bits per heavy atom. The van der Waals surface area contributed by atoms with Gasteiger partial charge in [0.15, 0.2) is 11.5 Å². The van der Waals surface area contributed by atoms with E-state index in [1.165, 1.54) is 56.6 Å². The second-order valence-corrected chi connectivity index (χ2v) is 13.6. The highest BCUT2D eigenvalue weighted by Crippen LogP contribution is 2.37. The summed E-state index contributed by atoms with van der Waals surface area (Å²) in [5.74, 6) is -0.304. The first kappa shape index (κ1) is 34.5. The van der Waals surface area contributed by atoms with Crippen molar-refractivity contribution in [1.29, 1.82) is 0 Å². The summed E-state index contributed by atoms with van der Waals surface area (Å²) in [6.07, 6.45) is 0. The molecule has 238 valence electrons. The van der Waals surface area contributed by atoms with E-state index in [0.717, 1.165) is 15.4 Å². The second kappa shape index (κ2) is 14.2. The quantitative estimate of drug-likeness (QED) is 0.288. The van der Waals surface area contributed by atoms with Crippen molar-refractivity contribution in [3.8, 4) is 17.2 Å². The number of carbonyl (C=O) groups is 2. The molecule has 12 heteroatoms. The molecule has 0 bridgehead atoms. The van der Waals surface area contributed by atoms with Crippen LogP contribution in [0.25, 0.3) is 0 Å². The number of carbonyl (C=O) groups excluding carboxylic acids is 2. The summed E-state index contributed by atoms with van der Waals surface area (Å²) in [6.45, 7) is 8.46. The molecule has 0 fully saturated rings. The maximum atomic E-state index is 14.3. The van der Waals surface area contributed by atoms with E-state index < -0.39 is 34.1 Å². The molecule has 0 aliphatic rings. The van der Waals surface area contributed by atoms with Crippen LogP contribution in [-0.2, 0) is 26.2 Å². The van der Waals surface area contributed by atoms with Gasteiger partial charge in [-0.15, -0.1) is 0 Å². The monoisotopic (exact) mass is 645 g/mol. The number of hydrogen-bond acceptors (Lipinski definition) is 7. The van der Waals surface area contributed by atoms with Gasteiger partial charge in [-0.05, 0) is 70.5 Å². The molecule has 0 heterocycles. The Hall–Kier alpha value is -3.96. The number of ether oxygens (including phenoxy) is 3. The van der Waals surface area contributed by atoms with Crippen LogP contribution in [0.1, 0.15) is 38.8 Å². The van der Waals surface area contributed by atoms with E-state index in [4.69, 9.17) is 25.8 Å². The van der Waals surface area contributed by atoms with Crippen molar-refractivity contribution in [2.24, 2.45) is 0 Å². The standard InChI is InChI=1S/C32H40ClN3O7S/c1-21-10-9-11-23(16-21)19-35(22(2)31(38)34-32(3,4)5)30(37)20-36(26-17-24(33)12-14-27(26)41-6)44(39,40)25-13-15-28(42-7)29(18-25)43-8/h9-18,22H,19-20H2,1-8H3,(H,34,38)/t22-/m1/s1. The zero-order chi connectivity index (χ0) is 32.8. The molecule has 10 nitrogen and oxygen atoms in total. The Labute approximate surface area is 264 Å². The zero-order valence-electron chi connectivity index (χ0n) is 26.3. The Bertz CT molecular complexity index is 1610. The highest BCUT2D eigenvalue weighted by molar-refractivity contribution is 7.92. The normalized spacial score (nSPS) is 12.2. The molecule has 1 N–H and O–H groups in total. The molecule has 0 unspecified atom stereocenters. The Kier molecular flexibility index (Phi) is 11.2. The molecular weight excluding hydrogens is 606 g/mol. The van der Waals surface area contributed by atoms with E-state index in [0.29, 0.717) is 5.75 Å². The van der Waals surface area contributed by atoms with E-state index in [1.807, 2.05) is 52.0 Å². The highest BCUT2D eigenvalue weighted by atomic mass is 35.5. The van der Waals surface area contributed by atoms with Gasteiger partial charge in [-0.3, -0.25) is 13.9 Å². The van der Waals surface area contributed by atoms with Gasteiger partial charge in [0.05, 0.1) is 31.9 Å². The third kappa shape index (κ3) is 8.35. The van der Waals surface area contributed by atoms with Crippen LogP contribution in [0.2, 0.25) is 5.02 Å². The number of hydrogen-bond donors (Lipinski definition) is 1. The van der Waals surface area contributed by atoms with E-state index in [9.17, 15) is 18.0 Å². The molecule has 44 heavy (non-hydrogen) atoms. The first-order chi connectivity index (χ1) is 20.6. The van der Waals surface area contributed by atoms with Crippen molar-refractivity contribution in [2.75, 3.05) is 32.2 Å². The molecule has 3 aromatic carbocycles. The van der Waals surface area contributed by atoms with Crippen molar-refractivity contribution < 1.29 is 32.2 Å². The lowest BCUT2D eigenvalue weighted by Crippen LogP contribution is -2.54. The van der Waals surface area contributed by atoms with Gasteiger partial charge < -0.3 is 24.4 Å². The minimum absolute atomic E-state index is 0.0467. The van der Waals surface area contributed by atoms with Crippen molar-refractivity contribution in [2.45, 2.75) is 57.6 Å². The van der Waals surface area contributed by atoms with Gasteiger partial charge in [0.1, 0.15) is 18.3 Å². The minimum atomic E-state index is -4.43. The molecule has 3 aromatic rings. The molecule has 0 radical (unpaired) electrons. The number of nitrogens with zero attached hydrogens (tertiary/aromatic N) is 2. The summed E-state index contributed by atoms with van der Waals surface area (Å²) in [5, 5.41) is 3.15. The van der Waals surface area contributed by atoms with Crippen LogP contribution in [-0.4, -0.2) is 64.6 Å². The van der Waals surface area contributed by atoms with Crippen LogP contribution < -0.4 is 23.8 Å². The predicted molar refractivity (Wildman–Crippen MR) is 171 cm³/mol. The lowest BCUT2D eigenvalue weighted by atomic mass is 10.1. The summed E-state index contributed by atoms with van der Waals surface area (Å²) in [5.41, 5.74) is 1.25. The minimum Gasteiger partial charge on any atom is -0.495 e. The van der Waals surface area contributed by atoms with Crippen LogP contribution in [0.15, 0.2) is 65.6 Å². The van der Waals surface area contributed by atoms with Gasteiger partial charge in [0, 0.05) is 23.2 Å². The SMILES string of the molecule is COc1ccc(S(=O)(=O)N(CC(=O)N(Cc2cccc(C)c2)[C@H](C)C(=O)NC(C)(C)C)c2cc(Cl)ccc2OC)cc1OC. The molecule has 1 atom stereocenters. The topological polar surface area (TPSA) is 114 Å². The Morgan fingerprint density at radius 3 is 2.14 bits per heavy atom. The smallest absolute Gasteiger partial charge is 0.265 e. The average Bonchev–Trinajstić information content (AvgIpc) is 2.96. The van der Waals surface area contributed by atoms with Crippen molar-refractivity contribution in [3.05, 3.63) is 76.8 Å². The number of anilines is 1. The summed E-state index contributed by atoms with van der Waals surface area (Å²) in [6, 6.07) is 15.2. The third-order valence-electron chi connectivity index (χ3n) is 6.73. The molecule has 0 aliphatic carbocycles. The fourth-order valence-corrected chi connectivity index (χ4v) is 6.14. The van der Waals surface area contributed by atoms with Gasteiger partial charge in [0.25, 0.3) is 10.0 Å². The molecule has 0 aliphatic heterocycles. The number of methoxy groups -OCH3 is 3. The second-order valence-electron chi connectivity index (χ2n) is 11.3. The number of rotatable bonds is 12. The van der Waals surface area contributed by atoms with Crippen molar-refractivity contribution in [1.82, 2.24) is 10.2 Å². The number of amides is 2. The maximum absolute atomic E-state index is 14.3. The van der Waals surface area contributed by atoms with E-state index >= 15 is 0 Å². The van der Waals surface area contributed by atoms with Crippen LogP contribution >= 0.6 is 11.6 Å². The summed E-state index contributed by atoms with van der Waals surface area (Å²) < 4.78 is 45.7. The fraction of sp³-hybridized carbons (Fsp3) is 0.375. The van der Waals surface area contributed by atoms with Gasteiger partial charge >= 0.3 is 0 Å². The third-order valence-corrected chi connectivity index (χ3v) is 8.72. The number of halogens is 1. The Morgan fingerprint density at radius 1 is 0.909 bits per heavy atom. The zero-order valence-corrected chi connectivity index (χ0v) is 27.9. The maximum Gasteiger partial charge on any atom is 0.265 e. The lowest BCUT2D eigenvalue weighted by molar-refractivity contribution is -0.140. The Balaban J connectivity index is 2.16. The van der Waals surface area contributed by atoms with Crippen LogP contribution in [0.3, 0.4) is 0 Å². The fourth-order valence-electron chi connectivity index (χ4n) is 4.54. The molecule has 0 saturated heterocycles. The van der Waals surface area contributed by atoms with Crippen molar-refractivity contribution >= 4 is 39.1 Å². The number of sulfonamides is 1. The van der Waals surface area contributed by atoms with Crippen LogP contribution in [0.4, 0.5) is 5.69 Å². The molecule has 0 spiro atoms. The average molecular weight is 646 g/mol. The summed E-state index contributed by atoms with van der Waals surface area (Å²) in [4.78, 5) is 28.8. The van der Waals surface area contributed by atoms with Gasteiger partial charge in [-0.2, -0.15) is 0 Å². The number of aryl methyl sites for hydroxylation is 1. The largest absolute Gasteiger partial charge is 0.495 e. The summed E-state index contributed by atoms with van der Waals surface area (Å²) >= 11 is 6.31. The number of nitrogens with one attached hydrogen (secondary N) is 1. The van der Waals surface area contributed by atoms with Gasteiger partial charge in [-0.25, -0.2) is 8.42 Å². The first-order valence-electron chi connectivity index (χ1n) is 13.9. The predicted octanol–water partition coefficient (Wildman–Crippen LogP) is 5.20. The summed E-state index contributed by atoms with van der Waals surface area (Å²) in [7, 11) is -0.216. The molecular formula is C32H40ClN3O7S. The van der Waals surface area contributed by atoms with E-state index in [-0.39, 0.29) is 39.6 Å². The lowest BCUT2D eigenvalue weighted by Gasteiger charge is -2.34. The van der Waals surface area contributed by atoms with Crippen LogP contribution in [0.5, 0.6) is 17.2 Å². The van der Waals surface area contributed by atoms with Crippen LogP contribution in [0, 0.1) is 6.92 Å². The molecule has 0 saturated carbocycles. The molecule has 2 amide bonds. The van der Waals surface area contributed by atoms with E-state index in [2.05, 4.69) is 5.32 Å². The van der Waals surface area contributed by atoms with E-state index in [1.54, 1.807) is 13.0 Å². The number of benzene rings is 3. The molecule has 3 rings (SSSR count). The highest BCUT2D eigenvalue weighted by Gasteiger charge is 2.35. The van der Waals surface area contributed by atoms with Crippen molar-refractivity contribution in [3.63, 3.8) is 0 Å². The van der Waals surface area contributed by atoms with Gasteiger partial charge in [-0.1, -0.05) is 41.4 Å².